The van der Waals surface area contributed by atoms with Gasteiger partial charge in [-0.2, -0.15) is 22.6 Å². The Morgan fingerprint density at radius 1 is 1.17 bits per heavy atom. The first-order valence-corrected chi connectivity index (χ1v) is 10.6. The number of aliphatic carboxylic acids is 1. The summed E-state index contributed by atoms with van der Waals surface area (Å²) in [6.07, 6.45) is -0.385. The van der Waals surface area contributed by atoms with Gasteiger partial charge in [-0.15, -0.1) is 0 Å². The van der Waals surface area contributed by atoms with Crippen LogP contribution in [0.15, 0.2) is 41.6 Å². The smallest absolute Gasteiger partial charge is 0.475 e. The fourth-order valence-electron chi connectivity index (χ4n) is 2.78. The molecule has 0 atom stereocenters. The van der Waals surface area contributed by atoms with Crippen LogP contribution in [0.2, 0.25) is 0 Å². The van der Waals surface area contributed by atoms with E-state index in [1.807, 2.05) is 31.2 Å². The summed E-state index contributed by atoms with van der Waals surface area (Å²) in [5, 5.41) is 14.7. The second-order valence-electron chi connectivity index (χ2n) is 6.57. The number of hydrogen-bond donors (Lipinski definition) is 2. The topological polar surface area (TPSA) is 105 Å². The zero-order valence-electron chi connectivity index (χ0n) is 16.3. The first-order valence-electron chi connectivity index (χ1n) is 9.15. The highest BCUT2D eigenvalue weighted by Gasteiger charge is 2.38. The molecule has 0 bridgehead atoms. The molecule has 0 saturated carbocycles. The number of para-hydroxylation sites is 1. The summed E-state index contributed by atoms with van der Waals surface area (Å²) in [4.78, 5) is 9.15. The van der Waals surface area contributed by atoms with Gasteiger partial charge in [0, 0.05) is 13.1 Å². The molecule has 0 unspecified atom stereocenters. The molecule has 1 aromatic carbocycles. The molecule has 2 aromatic rings. The molecule has 0 radical (unpaired) electrons. The minimum atomic E-state index is -5.08. The lowest BCUT2D eigenvalue weighted by atomic mass is 10.2. The molecule has 2 heterocycles. The number of rotatable bonds is 3. The number of carboxylic acid groups (broad SMARTS) is 1. The van der Waals surface area contributed by atoms with Gasteiger partial charge in [-0.3, -0.25) is 0 Å². The predicted molar refractivity (Wildman–Crippen MR) is 103 cm³/mol. The monoisotopic (exact) mass is 448 g/mol. The number of sulfonamides is 1. The minimum absolute atomic E-state index is 0.259. The molecule has 8 nitrogen and oxygen atoms in total. The summed E-state index contributed by atoms with van der Waals surface area (Å²) in [5.74, 6) is -2.76. The third-order valence-electron chi connectivity index (χ3n) is 4.32. The van der Waals surface area contributed by atoms with Crippen molar-refractivity contribution in [2.75, 3.05) is 26.2 Å². The van der Waals surface area contributed by atoms with Crippen molar-refractivity contribution in [2.45, 2.75) is 30.8 Å². The average Bonchev–Trinajstić information content (AvgIpc) is 3.12. The summed E-state index contributed by atoms with van der Waals surface area (Å²) in [6.45, 7) is 4.79. The number of alkyl halides is 3. The fourth-order valence-corrected chi connectivity index (χ4v) is 4.23. The van der Waals surface area contributed by atoms with E-state index in [4.69, 9.17) is 9.90 Å². The first-order chi connectivity index (χ1) is 14.0. The Bertz CT molecular complexity index is 952. The van der Waals surface area contributed by atoms with Crippen molar-refractivity contribution in [3.8, 4) is 5.69 Å². The van der Waals surface area contributed by atoms with Gasteiger partial charge in [-0.1, -0.05) is 18.2 Å². The Morgan fingerprint density at radius 3 is 2.27 bits per heavy atom. The Labute approximate surface area is 172 Å². The van der Waals surface area contributed by atoms with Crippen molar-refractivity contribution in [3.05, 3.63) is 42.2 Å². The third-order valence-corrected chi connectivity index (χ3v) is 6.18. The maximum Gasteiger partial charge on any atom is 0.490 e. The Hall–Kier alpha value is -2.44. The molecule has 0 aliphatic carbocycles. The van der Waals surface area contributed by atoms with E-state index in [0.29, 0.717) is 13.1 Å². The lowest BCUT2D eigenvalue weighted by molar-refractivity contribution is -0.192. The van der Waals surface area contributed by atoms with Crippen molar-refractivity contribution >= 4 is 16.0 Å². The number of aryl methyl sites for hydroxylation is 1. The van der Waals surface area contributed by atoms with E-state index in [1.54, 1.807) is 15.2 Å². The molecule has 1 fully saturated rings. The highest BCUT2D eigenvalue weighted by atomic mass is 32.2. The first kappa shape index (κ1) is 23.8. The van der Waals surface area contributed by atoms with Crippen molar-refractivity contribution in [2.24, 2.45) is 0 Å². The van der Waals surface area contributed by atoms with Gasteiger partial charge in [0.15, 0.2) is 0 Å². The molecule has 0 amide bonds. The quantitative estimate of drug-likeness (QED) is 0.746. The number of benzene rings is 1. The molecule has 1 aliphatic heterocycles. The van der Waals surface area contributed by atoms with E-state index >= 15 is 0 Å². The summed E-state index contributed by atoms with van der Waals surface area (Å²) < 4.78 is 60.6. The van der Waals surface area contributed by atoms with Crippen LogP contribution in [-0.2, 0) is 14.8 Å². The van der Waals surface area contributed by atoms with E-state index in [1.165, 1.54) is 6.20 Å². The summed E-state index contributed by atoms with van der Waals surface area (Å²) in [5.41, 5.74) is 1.95. The molecule has 30 heavy (non-hydrogen) atoms. The molecule has 3 rings (SSSR count). The van der Waals surface area contributed by atoms with E-state index in [-0.39, 0.29) is 4.90 Å². The fraction of sp³-hybridized carbons (Fsp3) is 0.444. The number of halogens is 3. The highest BCUT2D eigenvalue weighted by Crippen LogP contribution is 2.19. The molecular weight excluding hydrogens is 425 g/mol. The SMILES string of the molecule is Cc1ccccc1-n1cc(S(=O)(=O)N2CCCNCCC2)cn1.O=C(O)C(F)(F)F. The normalized spacial score (nSPS) is 16.1. The van der Waals surface area contributed by atoms with Gasteiger partial charge >= 0.3 is 12.1 Å². The maximum absolute atomic E-state index is 12.8. The molecule has 1 saturated heterocycles. The highest BCUT2D eigenvalue weighted by molar-refractivity contribution is 7.89. The van der Waals surface area contributed by atoms with Crippen LogP contribution in [-0.4, -0.2) is 65.9 Å². The van der Waals surface area contributed by atoms with Gasteiger partial charge in [0.1, 0.15) is 4.90 Å². The summed E-state index contributed by atoms with van der Waals surface area (Å²) in [6, 6.07) is 7.79. The lowest BCUT2D eigenvalue weighted by Crippen LogP contribution is -2.37. The molecule has 0 spiro atoms. The van der Waals surface area contributed by atoms with Gasteiger partial charge in [0.05, 0.1) is 18.1 Å². The van der Waals surface area contributed by atoms with Gasteiger partial charge in [-0.05, 0) is 44.5 Å². The molecule has 2 N–H and O–H groups in total. The Balaban J connectivity index is 0.000000396. The molecule has 1 aliphatic rings. The maximum atomic E-state index is 12.8. The van der Waals surface area contributed by atoms with Crippen LogP contribution in [0.4, 0.5) is 13.2 Å². The minimum Gasteiger partial charge on any atom is -0.475 e. The second-order valence-corrected chi connectivity index (χ2v) is 8.51. The summed E-state index contributed by atoms with van der Waals surface area (Å²) >= 11 is 0. The van der Waals surface area contributed by atoms with Gasteiger partial charge in [0.2, 0.25) is 10.0 Å². The molecular formula is C18H23F3N4O4S. The Kier molecular flexibility index (Phi) is 7.98. The van der Waals surface area contributed by atoms with Gasteiger partial charge in [0.25, 0.3) is 0 Å². The number of carbonyl (C=O) groups is 1. The molecule has 166 valence electrons. The zero-order valence-corrected chi connectivity index (χ0v) is 17.1. The molecule has 12 heteroatoms. The van der Waals surface area contributed by atoms with Crippen molar-refractivity contribution in [1.29, 1.82) is 0 Å². The predicted octanol–water partition coefficient (Wildman–Crippen LogP) is 2.19. The number of hydrogen-bond acceptors (Lipinski definition) is 5. The van der Waals surface area contributed by atoms with E-state index in [0.717, 1.165) is 37.2 Å². The third kappa shape index (κ3) is 6.28. The lowest BCUT2D eigenvalue weighted by Gasteiger charge is -2.23. The van der Waals surface area contributed by atoms with Crippen LogP contribution in [0.25, 0.3) is 5.69 Å². The summed E-state index contributed by atoms with van der Waals surface area (Å²) in [7, 11) is -3.48. The van der Waals surface area contributed by atoms with Crippen LogP contribution in [0.1, 0.15) is 18.4 Å². The Morgan fingerprint density at radius 2 is 1.73 bits per heavy atom. The van der Waals surface area contributed by atoms with E-state index in [9.17, 15) is 21.6 Å². The van der Waals surface area contributed by atoms with Gasteiger partial charge in [-0.25, -0.2) is 17.9 Å². The van der Waals surface area contributed by atoms with Gasteiger partial charge < -0.3 is 10.4 Å². The zero-order chi connectivity index (χ0) is 22.4. The van der Waals surface area contributed by atoms with Crippen LogP contribution in [0, 0.1) is 6.92 Å². The number of nitrogens with zero attached hydrogens (tertiary/aromatic N) is 3. The van der Waals surface area contributed by atoms with Crippen molar-refractivity contribution in [1.82, 2.24) is 19.4 Å². The van der Waals surface area contributed by atoms with Crippen LogP contribution < -0.4 is 5.32 Å². The van der Waals surface area contributed by atoms with Crippen molar-refractivity contribution < 1.29 is 31.5 Å². The van der Waals surface area contributed by atoms with E-state index < -0.39 is 22.2 Å². The van der Waals surface area contributed by atoms with Crippen molar-refractivity contribution in [3.63, 3.8) is 0 Å². The number of carboxylic acids is 1. The average molecular weight is 448 g/mol. The van der Waals surface area contributed by atoms with E-state index in [2.05, 4.69) is 10.4 Å². The second kappa shape index (κ2) is 10.0. The van der Waals surface area contributed by atoms with Crippen LogP contribution in [0.5, 0.6) is 0 Å². The number of aromatic nitrogens is 2. The number of nitrogens with one attached hydrogen (secondary N) is 1. The standard InChI is InChI=1S/C16H22N4O2S.C2HF3O2/c1-14-6-2-3-7-16(14)20-13-15(12-18-20)23(21,22)19-10-4-8-17-9-5-11-19;3-2(4,5)1(6)7/h2-3,6-7,12-13,17H,4-5,8-11H2,1H3;(H,6,7). The molecule has 1 aromatic heterocycles. The van der Waals surface area contributed by atoms with Crippen LogP contribution in [0.3, 0.4) is 0 Å². The van der Waals surface area contributed by atoms with Crippen LogP contribution >= 0.6 is 0 Å². The largest absolute Gasteiger partial charge is 0.490 e.